The van der Waals surface area contributed by atoms with Crippen LogP contribution in [0.2, 0.25) is 0 Å². The normalized spacial score (nSPS) is 13.0. The Balaban J connectivity index is 3.22. The molecule has 15 heavy (non-hydrogen) atoms. The third kappa shape index (κ3) is 10.2. The third-order valence-corrected chi connectivity index (χ3v) is 3.22. The van der Waals surface area contributed by atoms with Crippen LogP contribution in [0.25, 0.3) is 0 Å². The Bertz CT molecular complexity index is 112. The molecule has 1 nitrogen and oxygen atoms in total. The molecule has 0 aliphatic carbocycles. The molecule has 0 saturated heterocycles. The van der Waals surface area contributed by atoms with Crippen LogP contribution in [0.1, 0.15) is 78.1 Å². The van der Waals surface area contributed by atoms with Crippen molar-refractivity contribution in [1.29, 1.82) is 0 Å². The van der Waals surface area contributed by atoms with Gasteiger partial charge in [0.25, 0.3) is 0 Å². The predicted molar refractivity (Wildman–Crippen MR) is 70.4 cm³/mol. The maximum Gasteiger partial charge on any atom is 0.00640 e. The van der Waals surface area contributed by atoms with E-state index in [-0.39, 0.29) is 0 Å². The Morgan fingerprint density at radius 2 is 1.27 bits per heavy atom. The lowest BCUT2D eigenvalue weighted by Gasteiger charge is -2.15. The molecule has 0 aliphatic heterocycles. The van der Waals surface area contributed by atoms with Crippen molar-refractivity contribution in [2.75, 3.05) is 7.05 Å². The van der Waals surface area contributed by atoms with Crippen LogP contribution in [0.3, 0.4) is 0 Å². The first-order valence-corrected chi connectivity index (χ1v) is 7.02. The monoisotopic (exact) mass is 213 g/mol. The molecule has 0 spiro atoms. The quantitative estimate of drug-likeness (QED) is 0.498. The van der Waals surface area contributed by atoms with Crippen molar-refractivity contribution in [3.05, 3.63) is 0 Å². The minimum Gasteiger partial charge on any atom is -0.317 e. The fourth-order valence-corrected chi connectivity index (χ4v) is 2.05. The van der Waals surface area contributed by atoms with Crippen molar-refractivity contribution >= 4 is 0 Å². The van der Waals surface area contributed by atoms with E-state index in [2.05, 4.69) is 26.2 Å². The minimum atomic E-state index is 0.774. The zero-order valence-corrected chi connectivity index (χ0v) is 11.1. The van der Waals surface area contributed by atoms with E-state index < -0.39 is 0 Å². The molecule has 1 unspecified atom stereocenters. The van der Waals surface area contributed by atoms with Crippen LogP contribution in [0, 0.1) is 0 Å². The summed E-state index contributed by atoms with van der Waals surface area (Å²) in [6.45, 7) is 4.55. The Morgan fingerprint density at radius 1 is 0.733 bits per heavy atom. The number of hydrogen-bond acceptors (Lipinski definition) is 1. The van der Waals surface area contributed by atoms with E-state index in [9.17, 15) is 0 Å². The first kappa shape index (κ1) is 15.0. The smallest absolute Gasteiger partial charge is 0.00640 e. The van der Waals surface area contributed by atoms with Gasteiger partial charge in [0.15, 0.2) is 0 Å². The van der Waals surface area contributed by atoms with Crippen molar-refractivity contribution < 1.29 is 0 Å². The van der Waals surface area contributed by atoms with Gasteiger partial charge in [-0.3, -0.25) is 0 Å². The second-order valence-corrected chi connectivity index (χ2v) is 4.68. The summed E-state index contributed by atoms with van der Waals surface area (Å²) in [5, 5.41) is 3.44. The second kappa shape index (κ2) is 12.0. The molecule has 0 saturated carbocycles. The first-order valence-electron chi connectivity index (χ1n) is 7.02. The van der Waals surface area contributed by atoms with E-state index in [0.717, 1.165) is 6.04 Å². The average molecular weight is 213 g/mol. The van der Waals surface area contributed by atoms with Gasteiger partial charge in [-0.1, -0.05) is 65.2 Å². The molecule has 92 valence electrons. The van der Waals surface area contributed by atoms with E-state index >= 15 is 0 Å². The zero-order valence-electron chi connectivity index (χ0n) is 11.1. The molecule has 1 N–H and O–H groups in total. The summed E-state index contributed by atoms with van der Waals surface area (Å²) in [4.78, 5) is 0. The van der Waals surface area contributed by atoms with Crippen LogP contribution in [-0.4, -0.2) is 13.1 Å². The molecule has 0 aromatic heterocycles. The van der Waals surface area contributed by atoms with E-state index in [1.165, 1.54) is 64.2 Å². The van der Waals surface area contributed by atoms with Crippen molar-refractivity contribution in [3.8, 4) is 0 Å². The first-order chi connectivity index (χ1) is 7.35. The molecular formula is C14H31N. The van der Waals surface area contributed by atoms with Gasteiger partial charge < -0.3 is 5.32 Å². The Hall–Kier alpha value is -0.0400. The van der Waals surface area contributed by atoms with Gasteiger partial charge in [-0.15, -0.1) is 0 Å². The number of nitrogens with one attached hydrogen (secondary N) is 1. The van der Waals surface area contributed by atoms with Gasteiger partial charge in [0.05, 0.1) is 0 Å². The highest BCUT2D eigenvalue weighted by Gasteiger charge is 2.04. The largest absolute Gasteiger partial charge is 0.317 e. The maximum absolute atomic E-state index is 3.44. The molecule has 0 heterocycles. The van der Waals surface area contributed by atoms with Crippen LogP contribution in [0.5, 0.6) is 0 Å². The summed E-state index contributed by atoms with van der Waals surface area (Å²) in [7, 11) is 2.11. The van der Waals surface area contributed by atoms with E-state index in [4.69, 9.17) is 0 Å². The van der Waals surface area contributed by atoms with Crippen molar-refractivity contribution in [1.82, 2.24) is 5.32 Å². The van der Waals surface area contributed by atoms with Crippen LogP contribution in [0.15, 0.2) is 0 Å². The van der Waals surface area contributed by atoms with Crippen LogP contribution in [0.4, 0.5) is 0 Å². The summed E-state index contributed by atoms with van der Waals surface area (Å²) in [6.07, 6.45) is 14.0. The summed E-state index contributed by atoms with van der Waals surface area (Å²) >= 11 is 0. The lowest BCUT2D eigenvalue weighted by molar-refractivity contribution is 0.445. The van der Waals surface area contributed by atoms with Crippen molar-refractivity contribution in [2.24, 2.45) is 0 Å². The van der Waals surface area contributed by atoms with Crippen LogP contribution in [-0.2, 0) is 0 Å². The van der Waals surface area contributed by atoms with Gasteiger partial charge in [0, 0.05) is 6.04 Å². The Kier molecular flexibility index (Phi) is 12.0. The fourth-order valence-electron chi connectivity index (χ4n) is 2.05. The van der Waals surface area contributed by atoms with Gasteiger partial charge in [0.2, 0.25) is 0 Å². The summed E-state index contributed by atoms with van der Waals surface area (Å²) in [6, 6.07) is 0.774. The number of unbranched alkanes of at least 4 members (excludes halogenated alkanes) is 6. The van der Waals surface area contributed by atoms with Gasteiger partial charge in [-0.2, -0.15) is 0 Å². The number of hydrogen-bond donors (Lipinski definition) is 1. The van der Waals surface area contributed by atoms with E-state index in [1.54, 1.807) is 0 Å². The zero-order chi connectivity index (χ0) is 11.4. The molecule has 0 aromatic carbocycles. The highest BCUT2D eigenvalue weighted by Crippen LogP contribution is 2.11. The lowest BCUT2D eigenvalue weighted by atomic mass is 10.0. The average Bonchev–Trinajstić information content (AvgIpc) is 2.27. The molecule has 0 aromatic rings. The molecule has 1 heteroatoms. The van der Waals surface area contributed by atoms with Crippen molar-refractivity contribution in [2.45, 2.75) is 84.1 Å². The molecule has 0 amide bonds. The van der Waals surface area contributed by atoms with Gasteiger partial charge in [-0.25, -0.2) is 0 Å². The predicted octanol–water partition coefficient (Wildman–Crippen LogP) is 4.52. The minimum absolute atomic E-state index is 0.774. The molecular weight excluding hydrogens is 182 g/mol. The summed E-state index contributed by atoms with van der Waals surface area (Å²) in [5.41, 5.74) is 0. The highest BCUT2D eigenvalue weighted by atomic mass is 14.9. The van der Waals surface area contributed by atoms with Crippen LogP contribution >= 0.6 is 0 Å². The second-order valence-electron chi connectivity index (χ2n) is 4.68. The molecule has 0 rings (SSSR count). The fraction of sp³-hybridized carbons (Fsp3) is 1.00. The summed E-state index contributed by atoms with van der Waals surface area (Å²) in [5.74, 6) is 0. The Morgan fingerprint density at radius 3 is 1.87 bits per heavy atom. The molecule has 0 radical (unpaired) electrons. The summed E-state index contributed by atoms with van der Waals surface area (Å²) < 4.78 is 0. The molecule has 0 bridgehead atoms. The molecule has 0 aliphatic rings. The SMILES string of the molecule is CCCCCCCCC(CCCC)NC. The molecule has 1 atom stereocenters. The van der Waals surface area contributed by atoms with Gasteiger partial charge in [0.1, 0.15) is 0 Å². The number of rotatable bonds is 11. The topological polar surface area (TPSA) is 12.0 Å². The standard InChI is InChI=1S/C14H31N/c1-4-6-8-9-10-11-13-14(15-3)12-7-5-2/h14-15H,4-13H2,1-3H3. The Labute approximate surface area is 97.0 Å². The lowest BCUT2D eigenvalue weighted by Crippen LogP contribution is -2.24. The molecule has 0 fully saturated rings. The van der Waals surface area contributed by atoms with E-state index in [0.29, 0.717) is 0 Å². The maximum atomic E-state index is 3.44. The highest BCUT2D eigenvalue weighted by molar-refractivity contribution is 4.64. The van der Waals surface area contributed by atoms with Gasteiger partial charge in [-0.05, 0) is 19.9 Å². The van der Waals surface area contributed by atoms with E-state index in [1.807, 2.05) is 0 Å². The van der Waals surface area contributed by atoms with Gasteiger partial charge >= 0.3 is 0 Å². The van der Waals surface area contributed by atoms with Crippen LogP contribution < -0.4 is 5.32 Å². The van der Waals surface area contributed by atoms with Crippen molar-refractivity contribution in [3.63, 3.8) is 0 Å². The third-order valence-electron chi connectivity index (χ3n) is 3.22.